The molecule has 9 heteroatoms. The van der Waals surface area contributed by atoms with Gasteiger partial charge in [0, 0.05) is 5.69 Å². The van der Waals surface area contributed by atoms with Gasteiger partial charge in [-0.1, -0.05) is 36.4 Å². The number of methoxy groups -OCH3 is 1. The molecule has 0 aliphatic carbocycles. The normalized spacial score (nSPS) is 11.8. The van der Waals surface area contributed by atoms with Crippen molar-refractivity contribution in [3.05, 3.63) is 90.5 Å². The van der Waals surface area contributed by atoms with Gasteiger partial charge >= 0.3 is 0 Å². The number of hydrogen-bond acceptors (Lipinski definition) is 5. The largest absolute Gasteiger partial charge is 0.497 e. The Morgan fingerprint density at radius 3 is 2.00 bits per heavy atom. The van der Waals surface area contributed by atoms with Crippen LogP contribution in [-0.4, -0.2) is 23.9 Å². The van der Waals surface area contributed by atoms with Gasteiger partial charge in [0.2, 0.25) is 0 Å². The molecule has 0 aromatic heterocycles. The van der Waals surface area contributed by atoms with Crippen LogP contribution in [0.15, 0.2) is 94.7 Å². The van der Waals surface area contributed by atoms with E-state index in [0.717, 1.165) is 10.8 Å². The van der Waals surface area contributed by atoms with Gasteiger partial charge in [0.05, 0.1) is 22.6 Å². The van der Waals surface area contributed by atoms with Crippen molar-refractivity contribution in [3.8, 4) is 5.75 Å². The molecule has 0 amide bonds. The highest BCUT2D eigenvalue weighted by atomic mass is 32.2. The van der Waals surface area contributed by atoms with Gasteiger partial charge in [-0.25, -0.2) is 16.8 Å². The first-order valence-corrected chi connectivity index (χ1v) is 12.9. The molecule has 0 bridgehead atoms. The molecule has 0 fully saturated rings. The fraction of sp³-hybridized carbons (Fsp3) is 0.0833. The smallest absolute Gasteiger partial charge is 0.262 e. The lowest BCUT2D eigenvalue weighted by molar-refractivity contribution is 0.415. The van der Waals surface area contributed by atoms with Crippen LogP contribution in [0.3, 0.4) is 0 Å². The highest BCUT2D eigenvalue weighted by Gasteiger charge is 2.20. The van der Waals surface area contributed by atoms with Crippen molar-refractivity contribution >= 4 is 42.2 Å². The van der Waals surface area contributed by atoms with Crippen molar-refractivity contribution < 1.29 is 21.6 Å². The number of aryl methyl sites for hydroxylation is 1. The van der Waals surface area contributed by atoms with E-state index in [1.54, 1.807) is 49.4 Å². The zero-order valence-electron chi connectivity index (χ0n) is 17.9. The zero-order valence-corrected chi connectivity index (χ0v) is 19.6. The molecule has 33 heavy (non-hydrogen) atoms. The molecular formula is C24H22N2O5S2. The van der Waals surface area contributed by atoms with E-state index in [9.17, 15) is 16.8 Å². The summed E-state index contributed by atoms with van der Waals surface area (Å²) in [7, 11) is -6.37. The third-order valence-corrected chi connectivity index (χ3v) is 8.01. The van der Waals surface area contributed by atoms with Gasteiger partial charge in [-0.2, -0.15) is 0 Å². The van der Waals surface area contributed by atoms with E-state index in [2.05, 4.69) is 9.44 Å². The minimum atomic E-state index is -3.96. The van der Waals surface area contributed by atoms with Crippen molar-refractivity contribution in [2.24, 2.45) is 0 Å². The second kappa shape index (κ2) is 8.76. The highest BCUT2D eigenvalue weighted by molar-refractivity contribution is 7.93. The molecule has 0 spiro atoms. The molecule has 0 atom stereocenters. The minimum absolute atomic E-state index is 0.0305. The molecule has 4 aromatic carbocycles. The lowest BCUT2D eigenvalue weighted by atomic mass is 10.1. The van der Waals surface area contributed by atoms with Crippen LogP contribution in [0.25, 0.3) is 10.8 Å². The Hall–Kier alpha value is -3.56. The van der Waals surface area contributed by atoms with Crippen LogP contribution in [-0.2, 0) is 20.0 Å². The summed E-state index contributed by atoms with van der Waals surface area (Å²) in [5, 5.41) is 1.71. The Bertz CT molecular complexity index is 1530. The Kier molecular flexibility index (Phi) is 6.01. The van der Waals surface area contributed by atoms with E-state index < -0.39 is 20.0 Å². The van der Waals surface area contributed by atoms with Crippen molar-refractivity contribution in [1.29, 1.82) is 0 Å². The van der Waals surface area contributed by atoms with E-state index in [1.807, 2.05) is 24.3 Å². The van der Waals surface area contributed by atoms with E-state index in [4.69, 9.17) is 4.74 Å². The van der Waals surface area contributed by atoms with Crippen LogP contribution in [0.4, 0.5) is 11.4 Å². The van der Waals surface area contributed by atoms with Crippen LogP contribution in [0.2, 0.25) is 0 Å². The lowest BCUT2D eigenvalue weighted by Crippen LogP contribution is -2.16. The van der Waals surface area contributed by atoms with Crippen molar-refractivity contribution in [2.45, 2.75) is 16.7 Å². The third kappa shape index (κ3) is 4.94. The second-order valence-corrected chi connectivity index (χ2v) is 10.8. The van der Waals surface area contributed by atoms with Crippen molar-refractivity contribution in [2.75, 3.05) is 16.6 Å². The van der Waals surface area contributed by atoms with Crippen LogP contribution < -0.4 is 14.2 Å². The van der Waals surface area contributed by atoms with E-state index in [-0.39, 0.29) is 15.5 Å². The molecular weight excluding hydrogens is 460 g/mol. The first-order chi connectivity index (χ1) is 15.7. The number of fused-ring (bicyclic) bond motifs is 1. The maximum absolute atomic E-state index is 13.0. The number of rotatable bonds is 7. The second-order valence-electron chi connectivity index (χ2n) is 7.43. The average molecular weight is 483 g/mol. The molecule has 170 valence electrons. The minimum Gasteiger partial charge on any atom is -0.497 e. The predicted molar refractivity (Wildman–Crippen MR) is 130 cm³/mol. The third-order valence-electron chi connectivity index (χ3n) is 5.10. The number of anilines is 2. The van der Waals surface area contributed by atoms with E-state index in [0.29, 0.717) is 17.0 Å². The lowest BCUT2D eigenvalue weighted by Gasteiger charge is -2.14. The van der Waals surface area contributed by atoms with Crippen molar-refractivity contribution in [3.63, 3.8) is 0 Å². The number of hydrogen-bond donors (Lipinski definition) is 2. The van der Waals surface area contributed by atoms with Crippen LogP contribution in [0.5, 0.6) is 5.75 Å². The van der Waals surface area contributed by atoms with Gasteiger partial charge in [0.1, 0.15) is 5.75 Å². The number of sulfonamides is 2. The first kappa shape index (κ1) is 22.6. The zero-order chi connectivity index (χ0) is 23.6. The van der Waals surface area contributed by atoms with Crippen LogP contribution in [0.1, 0.15) is 5.56 Å². The molecule has 0 heterocycles. The summed E-state index contributed by atoms with van der Waals surface area (Å²) in [6.07, 6.45) is 0. The molecule has 0 saturated heterocycles. The summed E-state index contributed by atoms with van der Waals surface area (Å²) in [6, 6.07) is 23.1. The Balaban J connectivity index is 1.62. The number of ether oxygens (including phenoxy) is 1. The Morgan fingerprint density at radius 2 is 1.30 bits per heavy atom. The van der Waals surface area contributed by atoms with Crippen molar-refractivity contribution in [1.82, 2.24) is 0 Å². The Morgan fingerprint density at radius 1 is 0.667 bits per heavy atom. The molecule has 0 aliphatic rings. The first-order valence-electron chi connectivity index (χ1n) is 9.97. The van der Waals surface area contributed by atoms with Gasteiger partial charge in [-0.05, 0) is 71.8 Å². The van der Waals surface area contributed by atoms with E-state index in [1.165, 1.54) is 25.3 Å². The van der Waals surface area contributed by atoms with Gasteiger partial charge < -0.3 is 4.74 Å². The number of nitrogens with one attached hydrogen (secondary N) is 2. The molecule has 4 rings (SSSR count). The van der Waals surface area contributed by atoms with Crippen LogP contribution >= 0.6 is 0 Å². The fourth-order valence-electron chi connectivity index (χ4n) is 3.37. The standard InChI is InChI=1S/C24H22N2O5S2/c1-17-7-9-21(16-24(17)33(29,30)25-20-10-12-22(31-2)13-11-20)26-32(27,28)23-14-8-18-5-3-4-6-19(18)15-23/h3-16,25-26H,1-2H3. The molecule has 7 nitrogen and oxygen atoms in total. The molecule has 0 radical (unpaired) electrons. The average Bonchev–Trinajstić information content (AvgIpc) is 2.80. The monoisotopic (exact) mass is 482 g/mol. The van der Waals surface area contributed by atoms with Gasteiger partial charge in [-0.15, -0.1) is 0 Å². The summed E-state index contributed by atoms with van der Waals surface area (Å²) in [5.74, 6) is 0.597. The maximum atomic E-state index is 13.0. The predicted octanol–water partition coefficient (Wildman–Crippen LogP) is 4.76. The quantitative estimate of drug-likeness (QED) is 0.396. The maximum Gasteiger partial charge on any atom is 0.262 e. The molecule has 4 aromatic rings. The van der Waals surface area contributed by atoms with Crippen LogP contribution in [0, 0.1) is 6.92 Å². The Labute approximate surface area is 193 Å². The summed E-state index contributed by atoms with van der Waals surface area (Å²) in [6.45, 7) is 1.64. The van der Waals surface area contributed by atoms with Gasteiger partial charge in [-0.3, -0.25) is 9.44 Å². The number of benzene rings is 4. The summed E-state index contributed by atoms with van der Waals surface area (Å²) in [5.41, 5.74) is 0.978. The molecule has 0 aliphatic heterocycles. The SMILES string of the molecule is COc1ccc(NS(=O)(=O)c2cc(NS(=O)(=O)c3ccc4ccccc4c3)ccc2C)cc1. The highest BCUT2D eigenvalue weighted by Crippen LogP contribution is 2.26. The molecule has 2 N–H and O–H groups in total. The van der Waals surface area contributed by atoms with E-state index >= 15 is 0 Å². The van der Waals surface area contributed by atoms with Gasteiger partial charge in [0.15, 0.2) is 0 Å². The fourth-order valence-corrected chi connectivity index (χ4v) is 5.79. The summed E-state index contributed by atoms with van der Waals surface area (Å²) in [4.78, 5) is 0.0552. The molecule has 0 saturated carbocycles. The topological polar surface area (TPSA) is 102 Å². The summed E-state index contributed by atoms with van der Waals surface area (Å²) >= 11 is 0. The summed E-state index contributed by atoms with van der Waals surface area (Å²) < 4.78 is 62.0. The van der Waals surface area contributed by atoms with Gasteiger partial charge in [0.25, 0.3) is 20.0 Å². The molecule has 0 unspecified atom stereocenters.